The minimum absolute atomic E-state index is 0. The lowest BCUT2D eigenvalue weighted by atomic mass is 10.2. The Bertz CT molecular complexity index is 584. The van der Waals surface area contributed by atoms with Gasteiger partial charge in [0, 0.05) is 38.6 Å². The zero-order valence-corrected chi connectivity index (χ0v) is 18.8. The van der Waals surface area contributed by atoms with E-state index < -0.39 is 9.84 Å². The van der Waals surface area contributed by atoms with Gasteiger partial charge >= 0.3 is 0 Å². The molecule has 0 aromatic heterocycles. The number of carbonyl (C=O) groups is 1. The fourth-order valence-electron chi connectivity index (χ4n) is 3.48. The van der Waals surface area contributed by atoms with E-state index in [9.17, 15) is 13.2 Å². The van der Waals surface area contributed by atoms with Gasteiger partial charge in [-0.1, -0.05) is 6.92 Å². The maximum Gasteiger partial charge on any atom is 0.222 e. The molecule has 2 aliphatic rings. The molecule has 2 aliphatic heterocycles. The molecule has 2 heterocycles. The average Bonchev–Trinajstić information content (AvgIpc) is 3.16. The molecule has 2 rings (SSSR count). The van der Waals surface area contributed by atoms with Crippen molar-refractivity contribution in [1.29, 1.82) is 0 Å². The van der Waals surface area contributed by atoms with Gasteiger partial charge in [0.25, 0.3) is 0 Å². The van der Waals surface area contributed by atoms with Crippen LogP contribution in [0, 0.1) is 0 Å². The molecule has 2 atom stereocenters. The van der Waals surface area contributed by atoms with Gasteiger partial charge in [0.1, 0.15) is 0 Å². The molecular weight excluding hydrogens is 469 g/mol. The Morgan fingerprint density at radius 2 is 2.04 bits per heavy atom. The molecule has 0 aliphatic carbocycles. The van der Waals surface area contributed by atoms with Crippen LogP contribution in [0.25, 0.3) is 0 Å². The number of guanidine groups is 1. The van der Waals surface area contributed by atoms with Gasteiger partial charge in [-0.2, -0.15) is 0 Å². The standard InChI is InChI=1S/C16H31N5O3S.HI/c1-3-21-9-4-5-14(21)11-19-16(17-2)18-8-6-15(22)20-13-7-10-25(23,24)12-13;/h13-14H,3-12H2,1-2H3,(H,20,22)(H2,17,18,19);1H. The van der Waals surface area contributed by atoms with Crippen LogP contribution in [-0.4, -0.2) is 82.0 Å². The van der Waals surface area contributed by atoms with Crippen molar-refractivity contribution in [3.63, 3.8) is 0 Å². The Balaban J connectivity index is 0.00000338. The van der Waals surface area contributed by atoms with Gasteiger partial charge in [0.2, 0.25) is 5.91 Å². The third kappa shape index (κ3) is 7.55. The molecule has 26 heavy (non-hydrogen) atoms. The topological polar surface area (TPSA) is 103 Å². The summed E-state index contributed by atoms with van der Waals surface area (Å²) < 4.78 is 22.8. The Morgan fingerprint density at radius 1 is 1.27 bits per heavy atom. The molecule has 2 unspecified atom stereocenters. The Morgan fingerprint density at radius 3 is 2.65 bits per heavy atom. The van der Waals surface area contributed by atoms with Gasteiger partial charge in [-0.25, -0.2) is 8.42 Å². The van der Waals surface area contributed by atoms with Gasteiger partial charge in [0.05, 0.1) is 11.5 Å². The summed E-state index contributed by atoms with van der Waals surface area (Å²) in [5.41, 5.74) is 0. The van der Waals surface area contributed by atoms with Gasteiger partial charge in [0.15, 0.2) is 15.8 Å². The van der Waals surface area contributed by atoms with Crippen molar-refractivity contribution in [2.45, 2.75) is 44.7 Å². The van der Waals surface area contributed by atoms with Gasteiger partial charge < -0.3 is 16.0 Å². The number of hydrogen-bond donors (Lipinski definition) is 3. The number of hydrogen-bond acceptors (Lipinski definition) is 5. The maximum absolute atomic E-state index is 11.9. The predicted molar refractivity (Wildman–Crippen MR) is 115 cm³/mol. The van der Waals surface area contributed by atoms with Crippen LogP contribution >= 0.6 is 24.0 Å². The van der Waals surface area contributed by atoms with E-state index >= 15 is 0 Å². The minimum atomic E-state index is -2.96. The molecule has 0 radical (unpaired) electrons. The van der Waals surface area contributed by atoms with E-state index in [2.05, 4.69) is 32.8 Å². The highest BCUT2D eigenvalue weighted by atomic mass is 127. The Kier molecular flexibility index (Phi) is 10.2. The molecule has 2 fully saturated rings. The first-order chi connectivity index (χ1) is 11.9. The number of nitrogens with zero attached hydrogens (tertiary/aromatic N) is 2. The third-order valence-corrected chi connectivity index (χ3v) is 6.64. The fourth-order valence-corrected chi connectivity index (χ4v) is 5.15. The Hall–Kier alpha value is -0.620. The zero-order valence-electron chi connectivity index (χ0n) is 15.7. The van der Waals surface area contributed by atoms with Gasteiger partial charge in [-0.05, 0) is 32.4 Å². The molecular formula is C16H32IN5O3S. The maximum atomic E-state index is 11.9. The van der Waals surface area contributed by atoms with Crippen LogP contribution in [0.5, 0.6) is 0 Å². The van der Waals surface area contributed by atoms with Crippen LogP contribution in [0.4, 0.5) is 0 Å². The summed E-state index contributed by atoms with van der Waals surface area (Å²) >= 11 is 0. The summed E-state index contributed by atoms with van der Waals surface area (Å²) in [4.78, 5) is 18.6. The summed E-state index contributed by atoms with van der Waals surface area (Å²) in [6, 6.07) is 0.300. The number of likely N-dealkylation sites (N-methyl/N-ethyl adjacent to an activating group) is 1. The van der Waals surface area contributed by atoms with E-state index in [-0.39, 0.29) is 47.4 Å². The average molecular weight is 501 g/mol. The van der Waals surface area contributed by atoms with Crippen molar-refractivity contribution < 1.29 is 13.2 Å². The number of carbonyl (C=O) groups excluding carboxylic acids is 1. The van der Waals surface area contributed by atoms with Crippen LogP contribution in [0.1, 0.15) is 32.6 Å². The van der Waals surface area contributed by atoms with Crippen molar-refractivity contribution in [3.8, 4) is 0 Å². The van der Waals surface area contributed by atoms with Gasteiger partial charge in [-0.15, -0.1) is 24.0 Å². The highest BCUT2D eigenvalue weighted by molar-refractivity contribution is 14.0. The third-order valence-electron chi connectivity index (χ3n) is 4.88. The molecule has 8 nitrogen and oxygen atoms in total. The van der Waals surface area contributed by atoms with Crippen molar-refractivity contribution in [2.24, 2.45) is 4.99 Å². The van der Waals surface area contributed by atoms with Crippen LogP contribution in [0.15, 0.2) is 4.99 Å². The number of aliphatic imine (C=N–C) groups is 1. The summed E-state index contributed by atoms with van der Waals surface area (Å²) in [5.74, 6) is 0.796. The Labute approximate surface area is 173 Å². The smallest absolute Gasteiger partial charge is 0.222 e. The summed E-state index contributed by atoms with van der Waals surface area (Å²) in [6.07, 6.45) is 3.25. The largest absolute Gasteiger partial charge is 0.356 e. The summed E-state index contributed by atoms with van der Waals surface area (Å²) in [7, 11) is -1.25. The van der Waals surface area contributed by atoms with E-state index in [0.29, 0.717) is 31.4 Å². The molecule has 0 bridgehead atoms. The molecule has 10 heteroatoms. The number of sulfone groups is 1. The highest BCUT2D eigenvalue weighted by Crippen LogP contribution is 2.15. The van der Waals surface area contributed by atoms with Crippen molar-refractivity contribution >= 4 is 45.7 Å². The number of nitrogens with one attached hydrogen (secondary N) is 3. The monoisotopic (exact) mass is 501 g/mol. The highest BCUT2D eigenvalue weighted by Gasteiger charge is 2.28. The zero-order chi connectivity index (χ0) is 18.3. The second-order valence-electron chi connectivity index (χ2n) is 6.72. The van der Waals surface area contributed by atoms with Crippen LogP contribution in [0.3, 0.4) is 0 Å². The lowest BCUT2D eigenvalue weighted by Crippen LogP contribution is -2.45. The van der Waals surface area contributed by atoms with Gasteiger partial charge in [-0.3, -0.25) is 14.7 Å². The minimum Gasteiger partial charge on any atom is -0.356 e. The summed E-state index contributed by atoms with van der Waals surface area (Å²) in [5, 5.41) is 9.25. The lowest BCUT2D eigenvalue weighted by Gasteiger charge is -2.24. The molecule has 0 saturated carbocycles. The molecule has 3 N–H and O–H groups in total. The second kappa shape index (κ2) is 11.3. The molecule has 0 aromatic carbocycles. The van der Waals surface area contributed by atoms with Crippen molar-refractivity contribution in [2.75, 3.05) is 44.7 Å². The van der Waals surface area contributed by atoms with E-state index in [4.69, 9.17) is 0 Å². The van der Waals surface area contributed by atoms with Crippen LogP contribution in [0.2, 0.25) is 0 Å². The number of halogens is 1. The van der Waals surface area contributed by atoms with E-state index in [0.717, 1.165) is 19.6 Å². The van der Waals surface area contributed by atoms with Crippen LogP contribution in [-0.2, 0) is 14.6 Å². The van der Waals surface area contributed by atoms with Crippen molar-refractivity contribution in [1.82, 2.24) is 20.9 Å². The normalized spacial score (nSPS) is 25.5. The number of rotatable bonds is 7. The number of amides is 1. The molecule has 152 valence electrons. The molecule has 2 saturated heterocycles. The van der Waals surface area contributed by atoms with E-state index in [1.165, 1.54) is 12.8 Å². The van der Waals surface area contributed by atoms with E-state index in [1.807, 2.05) is 0 Å². The lowest BCUT2D eigenvalue weighted by molar-refractivity contribution is -0.121. The molecule has 1 amide bonds. The predicted octanol–water partition coefficient (Wildman–Crippen LogP) is -0.0529. The second-order valence-corrected chi connectivity index (χ2v) is 8.95. The first-order valence-electron chi connectivity index (χ1n) is 9.12. The first-order valence-corrected chi connectivity index (χ1v) is 10.9. The fraction of sp³-hybridized carbons (Fsp3) is 0.875. The number of likely N-dealkylation sites (tertiary alicyclic amines) is 1. The van der Waals surface area contributed by atoms with E-state index in [1.54, 1.807) is 7.05 Å². The SMILES string of the molecule is CCN1CCCC1CNC(=NC)NCCC(=O)NC1CCS(=O)(=O)C1.I. The van der Waals surface area contributed by atoms with Crippen molar-refractivity contribution in [3.05, 3.63) is 0 Å². The first kappa shape index (κ1) is 23.4. The molecule has 0 spiro atoms. The summed E-state index contributed by atoms with van der Waals surface area (Å²) in [6.45, 7) is 5.72. The molecule has 0 aromatic rings. The quantitative estimate of drug-likeness (QED) is 0.257. The van der Waals surface area contributed by atoms with Crippen LogP contribution < -0.4 is 16.0 Å².